The fourth-order valence-electron chi connectivity index (χ4n) is 4.87. The molecule has 0 radical (unpaired) electrons. The van der Waals surface area contributed by atoms with E-state index in [0.717, 1.165) is 42.4 Å². The summed E-state index contributed by atoms with van der Waals surface area (Å²) in [6.07, 6.45) is 5.91. The maximum atomic E-state index is 13.8. The van der Waals surface area contributed by atoms with Crippen molar-refractivity contribution < 1.29 is 9.59 Å². The molecule has 1 unspecified atom stereocenters. The average Bonchev–Trinajstić information content (AvgIpc) is 2.94. The quantitative estimate of drug-likeness (QED) is 0.263. The first-order valence-corrected chi connectivity index (χ1v) is 15.1. The highest BCUT2D eigenvalue weighted by Crippen LogP contribution is 2.29. The van der Waals surface area contributed by atoms with Gasteiger partial charge in [-0.3, -0.25) is 9.59 Å². The molecule has 4 rings (SSSR count). The third-order valence-corrected chi connectivity index (χ3v) is 8.60. The third-order valence-electron chi connectivity index (χ3n) is 6.95. The number of amides is 2. The standard InChI is InChI=1S/C31H34Cl2N2O2S/c32-27-17-10-18-28(33)26(27)21-38-22-30(36)35(20-24-13-6-2-7-14-24)29(19-23-11-4-1-5-12-23)31(37)34-25-15-8-3-9-16-25/h1-2,4-7,10-14,17-18,25,29H,3,8-9,15-16,19-22H2,(H,34,37). The number of nitrogens with one attached hydrogen (secondary N) is 1. The second-order valence-corrected chi connectivity index (χ2v) is 11.5. The van der Waals surface area contributed by atoms with Crippen LogP contribution in [0, 0.1) is 0 Å². The highest BCUT2D eigenvalue weighted by molar-refractivity contribution is 7.99. The van der Waals surface area contributed by atoms with Crippen LogP contribution < -0.4 is 5.32 Å². The molecule has 3 aromatic carbocycles. The Kier molecular flexibility index (Phi) is 11.0. The Labute approximate surface area is 240 Å². The van der Waals surface area contributed by atoms with E-state index in [9.17, 15) is 9.59 Å². The summed E-state index contributed by atoms with van der Waals surface area (Å²) in [5.41, 5.74) is 2.83. The van der Waals surface area contributed by atoms with Crippen LogP contribution in [0.25, 0.3) is 0 Å². The van der Waals surface area contributed by atoms with Crippen LogP contribution in [0.1, 0.15) is 48.8 Å². The molecule has 1 fully saturated rings. The van der Waals surface area contributed by atoms with Gasteiger partial charge in [-0.25, -0.2) is 0 Å². The molecule has 4 nitrogen and oxygen atoms in total. The SMILES string of the molecule is O=C(NC1CCCCC1)C(Cc1ccccc1)N(Cc1ccccc1)C(=O)CSCc1c(Cl)cccc1Cl. The molecule has 3 aromatic rings. The molecule has 2 amide bonds. The van der Waals surface area contributed by atoms with Gasteiger partial charge in [0.2, 0.25) is 11.8 Å². The predicted molar refractivity (Wildman–Crippen MR) is 159 cm³/mol. The molecule has 1 aliphatic rings. The Morgan fingerprint density at radius 2 is 1.45 bits per heavy atom. The minimum Gasteiger partial charge on any atom is -0.352 e. The molecule has 0 heterocycles. The summed E-state index contributed by atoms with van der Waals surface area (Å²) in [6.45, 7) is 0.364. The first-order valence-electron chi connectivity index (χ1n) is 13.2. The molecule has 200 valence electrons. The zero-order valence-electron chi connectivity index (χ0n) is 21.5. The van der Waals surface area contributed by atoms with Gasteiger partial charge in [0.15, 0.2) is 0 Å². The molecular formula is C31H34Cl2N2O2S. The van der Waals surface area contributed by atoms with Gasteiger partial charge in [-0.15, -0.1) is 11.8 Å². The van der Waals surface area contributed by atoms with Gasteiger partial charge < -0.3 is 10.2 Å². The predicted octanol–water partition coefficient (Wildman–Crippen LogP) is 7.32. The van der Waals surface area contributed by atoms with E-state index in [1.54, 1.807) is 17.0 Å². The Morgan fingerprint density at radius 1 is 0.842 bits per heavy atom. The summed E-state index contributed by atoms with van der Waals surface area (Å²) < 4.78 is 0. The van der Waals surface area contributed by atoms with Gasteiger partial charge >= 0.3 is 0 Å². The van der Waals surface area contributed by atoms with E-state index in [1.165, 1.54) is 18.2 Å². The van der Waals surface area contributed by atoms with Crippen LogP contribution in [0.4, 0.5) is 0 Å². The lowest BCUT2D eigenvalue weighted by Crippen LogP contribution is -2.53. The van der Waals surface area contributed by atoms with Gasteiger partial charge in [0.25, 0.3) is 0 Å². The van der Waals surface area contributed by atoms with Crippen molar-refractivity contribution in [3.05, 3.63) is 106 Å². The van der Waals surface area contributed by atoms with Crippen molar-refractivity contribution in [3.63, 3.8) is 0 Å². The van der Waals surface area contributed by atoms with E-state index in [1.807, 2.05) is 66.7 Å². The summed E-state index contributed by atoms with van der Waals surface area (Å²) >= 11 is 14.1. The molecule has 0 spiro atoms. The van der Waals surface area contributed by atoms with E-state index >= 15 is 0 Å². The topological polar surface area (TPSA) is 49.4 Å². The van der Waals surface area contributed by atoms with Crippen LogP contribution >= 0.6 is 35.0 Å². The van der Waals surface area contributed by atoms with Crippen molar-refractivity contribution in [1.82, 2.24) is 10.2 Å². The molecule has 38 heavy (non-hydrogen) atoms. The Bertz CT molecular complexity index is 1170. The van der Waals surface area contributed by atoms with Gasteiger partial charge in [0, 0.05) is 34.8 Å². The van der Waals surface area contributed by atoms with Gasteiger partial charge in [-0.05, 0) is 41.7 Å². The average molecular weight is 570 g/mol. The number of thioether (sulfide) groups is 1. The highest BCUT2D eigenvalue weighted by atomic mass is 35.5. The van der Waals surface area contributed by atoms with Gasteiger partial charge in [0.1, 0.15) is 6.04 Å². The summed E-state index contributed by atoms with van der Waals surface area (Å²) in [5.74, 6) is 0.572. The first-order chi connectivity index (χ1) is 18.5. The van der Waals surface area contributed by atoms with Crippen LogP contribution in [0.3, 0.4) is 0 Å². The second kappa shape index (κ2) is 14.6. The molecule has 0 aliphatic heterocycles. The van der Waals surface area contributed by atoms with Crippen molar-refractivity contribution in [2.45, 2.75) is 62.9 Å². The summed E-state index contributed by atoms with van der Waals surface area (Å²) in [4.78, 5) is 29.3. The second-order valence-electron chi connectivity index (χ2n) is 9.75. The maximum absolute atomic E-state index is 13.8. The van der Waals surface area contributed by atoms with Crippen LogP contribution in [-0.4, -0.2) is 34.6 Å². The zero-order chi connectivity index (χ0) is 26.7. The number of hydrogen-bond acceptors (Lipinski definition) is 3. The molecule has 1 atom stereocenters. The number of benzene rings is 3. The largest absolute Gasteiger partial charge is 0.352 e. The molecule has 1 aliphatic carbocycles. The van der Waals surface area contributed by atoms with Gasteiger partial charge in [0.05, 0.1) is 5.75 Å². The van der Waals surface area contributed by atoms with Crippen molar-refractivity contribution in [2.24, 2.45) is 0 Å². The van der Waals surface area contributed by atoms with Crippen LogP contribution in [0.5, 0.6) is 0 Å². The Balaban J connectivity index is 1.56. The number of carbonyl (C=O) groups excluding carboxylic acids is 2. The Morgan fingerprint density at radius 3 is 2.08 bits per heavy atom. The monoisotopic (exact) mass is 568 g/mol. The van der Waals surface area contributed by atoms with Crippen molar-refractivity contribution in [1.29, 1.82) is 0 Å². The van der Waals surface area contributed by atoms with Crippen molar-refractivity contribution in [3.8, 4) is 0 Å². The van der Waals surface area contributed by atoms with E-state index in [0.29, 0.717) is 28.8 Å². The molecule has 0 bridgehead atoms. The molecule has 0 aromatic heterocycles. The van der Waals surface area contributed by atoms with E-state index in [2.05, 4.69) is 5.32 Å². The fourth-order valence-corrected chi connectivity index (χ4v) is 6.52. The summed E-state index contributed by atoms with van der Waals surface area (Å²) in [6, 6.07) is 24.8. The normalized spacial score (nSPS) is 14.6. The number of nitrogens with zero attached hydrogens (tertiary/aromatic N) is 1. The van der Waals surface area contributed by atoms with E-state index in [-0.39, 0.29) is 23.6 Å². The van der Waals surface area contributed by atoms with Crippen LogP contribution in [-0.2, 0) is 28.3 Å². The van der Waals surface area contributed by atoms with Crippen molar-refractivity contribution >= 4 is 46.8 Å². The lowest BCUT2D eigenvalue weighted by Gasteiger charge is -2.33. The minimum absolute atomic E-state index is 0.0795. The molecular weight excluding hydrogens is 535 g/mol. The molecule has 1 saturated carbocycles. The van der Waals surface area contributed by atoms with Crippen molar-refractivity contribution in [2.75, 3.05) is 5.75 Å². The highest BCUT2D eigenvalue weighted by Gasteiger charge is 2.31. The Hall–Kier alpha value is -2.47. The lowest BCUT2D eigenvalue weighted by molar-refractivity contribution is -0.139. The maximum Gasteiger partial charge on any atom is 0.243 e. The zero-order valence-corrected chi connectivity index (χ0v) is 23.8. The summed E-state index contributed by atoms with van der Waals surface area (Å²) in [7, 11) is 0. The minimum atomic E-state index is -0.614. The fraction of sp³-hybridized carbons (Fsp3) is 0.355. The lowest BCUT2D eigenvalue weighted by atomic mass is 9.94. The number of rotatable bonds is 11. The molecule has 7 heteroatoms. The third kappa shape index (κ3) is 8.26. The van der Waals surface area contributed by atoms with Gasteiger partial charge in [-0.2, -0.15) is 0 Å². The molecule has 0 saturated heterocycles. The number of halogens is 2. The number of carbonyl (C=O) groups is 2. The van der Waals surface area contributed by atoms with Crippen LogP contribution in [0.15, 0.2) is 78.9 Å². The van der Waals surface area contributed by atoms with Gasteiger partial charge in [-0.1, -0.05) is 109 Å². The number of hydrogen-bond donors (Lipinski definition) is 1. The summed E-state index contributed by atoms with van der Waals surface area (Å²) in [5, 5.41) is 4.46. The van der Waals surface area contributed by atoms with Crippen LogP contribution in [0.2, 0.25) is 10.0 Å². The first kappa shape index (κ1) is 28.5. The van der Waals surface area contributed by atoms with E-state index < -0.39 is 6.04 Å². The van der Waals surface area contributed by atoms with E-state index in [4.69, 9.17) is 23.2 Å². The smallest absolute Gasteiger partial charge is 0.243 e. The molecule has 1 N–H and O–H groups in total.